The van der Waals surface area contributed by atoms with E-state index < -0.39 is 10.8 Å². The number of nitrogens with one attached hydrogen (secondary N) is 1. The lowest BCUT2D eigenvalue weighted by Gasteiger charge is -2.06. The summed E-state index contributed by atoms with van der Waals surface area (Å²) in [6.45, 7) is 0. The number of rotatable bonds is 3. The lowest BCUT2D eigenvalue weighted by molar-refractivity contribution is -0.383. The van der Waals surface area contributed by atoms with Crippen LogP contribution in [0.25, 0.3) is 0 Å². The van der Waals surface area contributed by atoms with Gasteiger partial charge < -0.3 is 5.73 Å². The number of nitrogen functional groups attached to an aromatic ring is 1. The summed E-state index contributed by atoms with van der Waals surface area (Å²) >= 11 is 0. The molecule has 0 aliphatic rings. The van der Waals surface area contributed by atoms with Crippen molar-refractivity contribution in [3.8, 4) is 0 Å². The quantitative estimate of drug-likeness (QED) is 0.472. The van der Waals surface area contributed by atoms with Crippen LogP contribution in [0.3, 0.4) is 0 Å². The van der Waals surface area contributed by atoms with Crippen LogP contribution in [0.15, 0.2) is 24.5 Å². The molecule has 1 aromatic carbocycles. The normalized spacial score (nSPS) is 10.2. The number of aryl methyl sites for hydroxylation is 1. The van der Waals surface area contributed by atoms with Crippen molar-refractivity contribution in [2.24, 2.45) is 7.05 Å². The van der Waals surface area contributed by atoms with Crippen LogP contribution in [0.2, 0.25) is 0 Å². The number of para-hydroxylation sites is 1. The molecule has 0 bridgehead atoms. The maximum Gasteiger partial charge on any atom is 0.292 e. The number of carbonyl (C=O) groups is 1. The molecule has 0 aliphatic carbocycles. The monoisotopic (exact) mass is 262 g/mol. The molecule has 0 spiro atoms. The second-order valence-electron chi connectivity index (χ2n) is 3.66. The summed E-state index contributed by atoms with van der Waals surface area (Å²) in [6, 6.07) is 4.02. The average Bonchev–Trinajstić information content (AvgIpc) is 2.74. The number of carbonyl (C=O) groups excluding carboxylic acids is 1. The maximum atomic E-state index is 12.0. The Bertz CT molecular complexity index is 650. The number of nitro benzene ring substituents is 1. The second-order valence-corrected chi connectivity index (χ2v) is 3.66. The van der Waals surface area contributed by atoms with Crippen molar-refractivity contribution in [2.75, 3.05) is 11.1 Å². The second kappa shape index (κ2) is 4.72. The van der Waals surface area contributed by atoms with Crippen LogP contribution < -0.4 is 11.1 Å². The van der Waals surface area contributed by atoms with Gasteiger partial charge in [0.15, 0.2) is 0 Å². The van der Waals surface area contributed by atoms with Crippen molar-refractivity contribution in [1.29, 1.82) is 0 Å². The number of benzene rings is 1. The summed E-state index contributed by atoms with van der Waals surface area (Å²) in [5.41, 5.74) is 5.12. The Labute approximate surface area is 107 Å². The van der Waals surface area contributed by atoms with Gasteiger partial charge in [0.05, 0.1) is 10.5 Å². The van der Waals surface area contributed by atoms with Gasteiger partial charge in [0, 0.05) is 13.1 Å². The summed E-state index contributed by atoms with van der Waals surface area (Å²) < 4.78 is 1.35. The van der Waals surface area contributed by atoms with Crippen LogP contribution in [0.5, 0.6) is 0 Å². The topological polar surface area (TPSA) is 129 Å². The highest BCUT2D eigenvalue weighted by Crippen LogP contribution is 2.25. The largest absolute Gasteiger partial charge is 0.393 e. The van der Waals surface area contributed by atoms with Crippen molar-refractivity contribution in [3.05, 3.63) is 40.2 Å². The summed E-state index contributed by atoms with van der Waals surface area (Å²) in [5, 5.41) is 17.0. The molecule has 0 saturated carbocycles. The number of nitrogens with two attached hydrogens (primary N) is 1. The van der Waals surface area contributed by atoms with E-state index in [4.69, 9.17) is 5.73 Å². The lowest BCUT2D eigenvalue weighted by Crippen LogP contribution is -2.17. The van der Waals surface area contributed by atoms with Gasteiger partial charge in [-0.25, -0.2) is 4.68 Å². The molecule has 0 fully saturated rings. The fourth-order valence-electron chi connectivity index (χ4n) is 1.49. The van der Waals surface area contributed by atoms with Gasteiger partial charge in [-0.15, -0.1) is 0 Å². The summed E-state index contributed by atoms with van der Waals surface area (Å²) in [5.74, 6) is -0.367. The number of aromatic nitrogens is 3. The number of nitro groups is 1. The van der Waals surface area contributed by atoms with Crippen molar-refractivity contribution < 1.29 is 9.72 Å². The van der Waals surface area contributed by atoms with E-state index in [2.05, 4.69) is 15.4 Å². The van der Waals surface area contributed by atoms with Crippen LogP contribution in [-0.2, 0) is 7.05 Å². The minimum Gasteiger partial charge on any atom is -0.393 e. The number of anilines is 2. The third kappa shape index (κ3) is 2.34. The summed E-state index contributed by atoms with van der Waals surface area (Å²) in [7, 11) is 1.60. The first-order valence-corrected chi connectivity index (χ1v) is 5.19. The first kappa shape index (κ1) is 12.5. The number of amides is 1. The molecule has 2 aromatic rings. The van der Waals surface area contributed by atoms with E-state index in [1.165, 1.54) is 29.2 Å². The summed E-state index contributed by atoms with van der Waals surface area (Å²) in [4.78, 5) is 25.9. The molecule has 19 heavy (non-hydrogen) atoms. The van der Waals surface area contributed by atoms with Crippen LogP contribution in [0.4, 0.5) is 17.3 Å². The third-order valence-corrected chi connectivity index (χ3v) is 2.46. The molecule has 3 N–H and O–H groups in total. The highest BCUT2D eigenvalue weighted by Gasteiger charge is 2.19. The first-order chi connectivity index (χ1) is 9.00. The SMILES string of the molecule is Cn1ncnc1NC(=O)c1cccc([N+](=O)[O-])c1N. The molecule has 0 radical (unpaired) electrons. The van der Waals surface area contributed by atoms with E-state index in [1.54, 1.807) is 7.05 Å². The Kier molecular flexibility index (Phi) is 3.10. The van der Waals surface area contributed by atoms with Crippen LogP contribution in [-0.4, -0.2) is 25.6 Å². The predicted molar refractivity (Wildman–Crippen MR) is 66.5 cm³/mol. The number of nitrogens with zero attached hydrogens (tertiary/aromatic N) is 4. The molecule has 98 valence electrons. The highest BCUT2D eigenvalue weighted by molar-refractivity contribution is 6.08. The Morgan fingerprint density at radius 1 is 1.53 bits per heavy atom. The van der Waals surface area contributed by atoms with Crippen LogP contribution in [0, 0.1) is 10.1 Å². The van der Waals surface area contributed by atoms with Gasteiger partial charge in [-0.05, 0) is 6.07 Å². The predicted octanol–water partition coefficient (Wildman–Crippen LogP) is 0.558. The Hall–Kier alpha value is -2.97. The molecule has 0 saturated heterocycles. The molecule has 0 atom stereocenters. The van der Waals surface area contributed by atoms with Crippen LogP contribution >= 0.6 is 0 Å². The van der Waals surface area contributed by atoms with Gasteiger partial charge in [0.2, 0.25) is 5.95 Å². The van der Waals surface area contributed by atoms with E-state index in [0.29, 0.717) is 0 Å². The Balaban J connectivity index is 2.32. The molecule has 2 rings (SSSR count). The zero-order valence-corrected chi connectivity index (χ0v) is 9.90. The molecule has 9 heteroatoms. The first-order valence-electron chi connectivity index (χ1n) is 5.19. The van der Waals surface area contributed by atoms with Gasteiger partial charge >= 0.3 is 0 Å². The van der Waals surface area contributed by atoms with Gasteiger partial charge in [-0.2, -0.15) is 10.1 Å². The molecule has 0 unspecified atom stereocenters. The van der Waals surface area contributed by atoms with Crippen molar-refractivity contribution in [2.45, 2.75) is 0 Å². The minimum atomic E-state index is -0.644. The van der Waals surface area contributed by atoms with E-state index in [-0.39, 0.29) is 22.9 Å². The van der Waals surface area contributed by atoms with Crippen molar-refractivity contribution >= 4 is 23.2 Å². The zero-order chi connectivity index (χ0) is 14.0. The fraction of sp³-hybridized carbons (Fsp3) is 0.100. The van der Waals surface area contributed by atoms with Crippen LogP contribution in [0.1, 0.15) is 10.4 Å². The molecule has 0 aliphatic heterocycles. The maximum absolute atomic E-state index is 12.0. The van der Waals surface area contributed by atoms with Gasteiger partial charge in [-0.1, -0.05) is 6.07 Å². The number of hydrogen-bond acceptors (Lipinski definition) is 6. The number of hydrogen-bond donors (Lipinski definition) is 2. The zero-order valence-electron chi connectivity index (χ0n) is 9.90. The Morgan fingerprint density at radius 2 is 2.26 bits per heavy atom. The van der Waals surface area contributed by atoms with E-state index in [0.717, 1.165) is 0 Å². The lowest BCUT2D eigenvalue weighted by atomic mass is 10.1. The molecular weight excluding hydrogens is 252 g/mol. The fourth-order valence-corrected chi connectivity index (χ4v) is 1.49. The minimum absolute atomic E-state index is 0.0113. The standard InChI is InChI=1S/C10H10N6O3/c1-15-10(12-5-13-15)14-9(17)6-3-2-4-7(8(6)11)16(18)19/h2-5H,11H2,1H3,(H,12,13,14,17). The molecule has 1 heterocycles. The van der Waals surface area contributed by atoms with Crippen molar-refractivity contribution in [3.63, 3.8) is 0 Å². The Morgan fingerprint density at radius 3 is 2.84 bits per heavy atom. The van der Waals surface area contributed by atoms with Gasteiger partial charge in [-0.3, -0.25) is 20.2 Å². The van der Waals surface area contributed by atoms with E-state index in [9.17, 15) is 14.9 Å². The highest BCUT2D eigenvalue weighted by atomic mass is 16.6. The van der Waals surface area contributed by atoms with E-state index in [1.807, 2.05) is 0 Å². The van der Waals surface area contributed by atoms with Gasteiger partial charge in [0.1, 0.15) is 12.0 Å². The van der Waals surface area contributed by atoms with Gasteiger partial charge in [0.25, 0.3) is 11.6 Å². The third-order valence-electron chi connectivity index (χ3n) is 2.46. The average molecular weight is 262 g/mol. The van der Waals surface area contributed by atoms with E-state index >= 15 is 0 Å². The molecule has 9 nitrogen and oxygen atoms in total. The molecule has 1 amide bonds. The smallest absolute Gasteiger partial charge is 0.292 e. The summed E-state index contributed by atoms with van der Waals surface area (Å²) in [6.07, 6.45) is 1.27. The van der Waals surface area contributed by atoms with Crippen molar-refractivity contribution in [1.82, 2.24) is 14.8 Å². The molecule has 1 aromatic heterocycles. The molecular formula is C10H10N6O3.